The molecular weight excluding hydrogens is 342 g/mol. The number of amides is 1. The number of aryl methyl sites for hydroxylation is 2. The Bertz CT molecular complexity index is 912. The second-order valence-electron chi connectivity index (χ2n) is 6.07. The van der Waals surface area contributed by atoms with E-state index in [0.29, 0.717) is 5.82 Å². The van der Waals surface area contributed by atoms with E-state index in [0.717, 1.165) is 27.5 Å². The highest BCUT2D eigenvalue weighted by molar-refractivity contribution is 8.00. The number of carbonyl (C=O) groups is 1. The predicted octanol–water partition coefficient (Wildman–Crippen LogP) is 4.88. The number of carbonyl (C=O) groups excluding carboxylic acids is 1. The van der Waals surface area contributed by atoms with E-state index in [9.17, 15) is 4.79 Å². The Hall–Kier alpha value is -2.66. The van der Waals surface area contributed by atoms with Crippen LogP contribution in [0.15, 0.2) is 65.7 Å². The summed E-state index contributed by atoms with van der Waals surface area (Å²) in [5, 5.41) is 3.51. The van der Waals surface area contributed by atoms with Crippen molar-refractivity contribution in [3.05, 3.63) is 72.1 Å². The van der Waals surface area contributed by atoms with Crippen LogP contribution in [-0.2, 0) is 4.79 Å². The molecule has 0 saturated carbocycles. The number of para-hydroxylation sites is 1. The zero-order valence-electron chi connectivity index (χ0n) is 15.1. The molecule has 0 aliphatic heterocycles. The zero-order chi connectivity index (χ0) is 18.5. The van der Waals surface area contributed by atoms with Gasteiger partial charge in [0.15, 0.2) is 0 Å². The van der Waals surface area contributed by atoms with Crippen molar-refractivity contribution < 1.29 is 4.79 Å². The highest BCUT2D eigenvalue weighted by Gasteiger charge is 2.17. The molecule has 1 aromatic heterocycles. The molecule has 3 aromatic rings. The molecule has 132 valence electrons. The molecular formula is C21H21N3OS. The van der Waals surface area contributed by atoms with Crippen molar-refractivity contribution in [3.63, 3.8) is 0 Å². The van der Waals surface area contributed by atoms with Gasteiger partial charge in [-0.25, -0.2) is 9.97 Å². The monoisotopic (exact) mass is 363 g/mol. The predicted molar refractivity (Wildman–Crippen MR) is 107 cm³/mol. The van der Waals surface area contributed by atoms with Gasteiger partial charge in [0.05, 0.1) is 10.9 Å². The molecule has 0 radical (unpaired) electrons. The van der Waals surface area contributed by atoms with Crippen LogP contribution in [0.25, 0.3) is 11.3 Å². The summed E-state index contributed by atoms with van der Waals surface area (Å²) in [5.74, 6) is 0.655. The van der Waals surface area contributed by atoms with Crippen LogP contribution in [0.4, 0.5) is 5.69 Å². The van der Waals surface area contributed by atoms with Gasteiger partial charge in [0.25, 0.3) is 0 Å². The topological polar surface area (TPSA) is 54.9 Å². The summed E-state index contributed by atoms with van der Waals surface area (Å²) in [4.78, 5) is 21.5. The van der Waals surface area contributed by atoms with Gasteiger partial charge in [0.2, 0.25) is 5.91 Å². The smallest absolute Gasteiger partial charge is 0.237 e. The van der Waals surface area contributed by atoms with Crippen LogP contribution in [0.2, 0.25) is 0 Å². The Morgan fingerprint density at radius 1 is 1.00 bits per heavy atom. The Kier molecular flexibility index (Phi) is 5.68. The fourth-order valence-electron chi connectivity index (χ4n) is 2.54. The number of nitrogens with zero attached hydrogens (tertiary/aromatic N) is 2. The lowest BCUT2D eigenvalue weighted by molar-refractivity contribution is -0.115. The SMILES string of the molecule is Cc1nc(S[C@H](C)C(=O)Nc2ccccc2C)cc(-c2ccccc2)n1. The molecule has 0 fully saturated rings. The summed E-state index contributed by atoms with van der Waals surface area (Å²) in [6.07, 6.45) is 0. The van der Waals surface area contributed by atoms with Crippen molar-refractivity contribution in [2.24, 2.45) is 0 Å². The van der Waals surface area contributed by atoms with Crippen LogP contribution >= 0.6 is 11.8 Å². The number of nitrogens with one attached hydrogen (secondary N) is 1. The Labute approximate surface area is 158 Å². The van der Waals surface area contributed by atoms with E-state index in [4.69, 9.17) is 0 Å². The van der Waals surface area contributed by atoms with Crippen LogP contribution in [-0.4, -0.2) is 21.1 Å². The number of hydrogen-bond acceptors (Lipinski definition) is 4. The number of rotatable bonds is 5. The van der Waals surface area contributed by atoms with Crippen LogP contribution < -0.4 is 5.32 Å². The third-order valence-electron chi connectivity index (χ3n) is 3.95. The van der Waals surface area contributed by atoms with Crippen molar-refractivity contribution in [1.82, 2.24) is 9.97 Å². The fraction of sp³-hybridized carbons (Fsp3) is 0.190. The van der Waals surface area contributed by atoms with Gasteiger partial charge >= 0.3 is 0 Å². The fourth-order valence-corrected chi connectivity index (χ4v) is 3.43. The summed E-state index contributed by atoms with van der Waals surface area (Å²) in [5.41, 5.74) is 3.79. The molecule has 1 atom stereocenters. The molecule has 0 aliphatic rings. The number of anilines is 1. The van der Waals surface area contributed by atoms with Crippen LogP contribution in [0.3, 0.4) is 0 Å². The first-order valence-electron chi connectivity index (χ1n) is 8.47. The maximum Gasteiger partial charge on any atom is 0.237 e. The van der Waals surface area contributed by atoms with Gasteiger partial charge in [-0.05, 0) is 38.5 Å². The largest absolute Gasteiger partial charge is 0.325 e. The molecule has 1 heterocycles. The zero-order valence-corrected chi connectivity index (χ0v) is 15.9. The van der Waals surface area contributed by atoms with E-state index in [-0.39, 0.29) is 11.2 Å². The third-order valence-corrected chi connectivity index (χ3v) is 4.97. The first kappa shape index (κ1) is 18.1. The molecule has 5 heteroatoms. The summed E-state index contributed by atoms with van der Waals surface area (Å²) >= 11 is 1.44. The maximum absolute atomic E-state index is 12.5. The Morgan fingerprint density at radius 3 is 2.42 bits per heavy atom. The molecule has 4 nitrogen and oxygen atoms in total. The Balaban J connectivity index is 1.75. The van der Waals surface area contributed by atoms with Crippen molar-refractivity contribution in [2.45, 2.75) is 31.0 Å². The molecule has 0 unspecified atom stereocenters. The van der Waals surface area contributed by atoms with Gasteiger partial charge in [-0.1, -0.05) is 60.3 Å². The van der Waals surface area contributed by atoms with E-state index in [1.165, 1.54) is 11.8 Å². The lowest BCUT2D eigenvalue weighted by Gasteiger charge is -2.14. The van der Waals surface area contributed by atoms with Crippen molar-refractivity contribution in [3.8, 4) is 11.3 Å². The van der Waals surface area contributed by atoms with Crippen molar-refractivity contribution >= 4 is 23.4 Å². The summed E-state index contributed by atoms with van der Waals surface area (Å²) in [6.45, 7) is 5.74. The first-order chi connectivity index (χ1) is 12.5. The molecule has 0 spiro atoms. The second-order valence-corrected chi connectivity index (χ2v) is 7.43. The minimum atomic E-state index is -0.271. The molecule has 2 aromatic carbocycles. The van der Waals surface area contributed by atoms with Crippen LogP contribution in [0.5, 0.6) is 0 Å². The lowest BCUT2D eigenvalue weighted by atomic mass is 10.1. The molecule has 0 saturated heterocycles. The van der Waals surface area contributed by atoms with Gasteiger partial charge < -0.3 is 5.32 Å². The normalized spacial score (nSPS) is 11.8. The molecule has 1 N–H and O–H groups in total. The molecule has 1 amide bonds. The van der Waals surface area contributed by atoms with Gasteiger partial charge in [-0.3, -0.25) is 4.79 Å². The van der Waals surface area contributed by atoms with Crippen molar-refractivity contribution in [1.29, 1.82) is 0 Å². The highest BCUT2D eigenvalue weighted by atomic mass is 32.2. The lowest BCUT2D eigenvalue weighted by Crippen LogP contribution is -2.23. The molecule has 26 heavy (non-hydrogen) atoms. The van der Waals surface area contributed by atoms with Crippen LogP contribution in [0.1, 0.15) is 18.3 Å². The van der Waals surface area contributed by atoms with E-state index in [1.807, 2.05) is 81.4 Å². The minimum absolute atomic E-state index is 0.0400. The van der Waals surface area contributed by atoms with Crippen LogP contribution in [0, 0.1) is 13.8 Å². The standard InChI is InChI=1S/C21H21N3OS/c1-14-9-7-8-12-18(14)24-21(25)15(2)26-20-13-19(22-16(3)23-20)17-10-5-4-6-11-17/h4-13,15H,1-3H3,(H,24,25)/t15-/m1/s1. The average Bonchev–Trinajstić information content (AvgIpc) is 2.64. The number of benzene rings is 2. The van der Waals surface area contributed by atoms with Gasteiger partial charge in [-0.2, -0.15) is 0 Å². The van der Waals surface area contributed by atoms with E-state index in [2.05, 4.69) is 15.3 Å². The quantitative estimate of drug-likeness (QED) is 0.518. The minimum Gasteiger partial charge on any atom is -0.325 e. The number of thioether (sulfide) groups is 1. The van der Waals surface area contributed by atoms with E-state index in [1.54, 1.807) is 0 Å². The first-order valence-corrected chi connectivity index (χ1v) is 9.35. The summed E-state index contributed by atoms with van der Waals surface area (Å²) in [6, 6.07) is 19.7. The number of aromatic nitrogens is 2. The molecule has 3 rings (SSSR count). The summed E-state index contributed by atoms with van der Waals surface area (Å²) in [7, 11) is 0. The van der Waals surface area contributed by atoms with Gasteiger partial charge in [0, 0.05) is 11.3 Å². The highest BCUT2D eigenvalue weighted by Crippen LogP contribution is 2.27. The maximum atomic E-state index is 12.5. The van der Waals surface area contributed by atoms with Crippen molar-refractivity contribution in [2.75, 3.05) is 5.32 Å². The molecule has 0 aliphatic carbocycles. The molecule has 0 bridgehead atoms. The van der Waals surface area contributed by atoms with E-state index < -0.39 is 0 Å². The summed E-state index contributed by atoms with van der Waals surface area (Å²) < 4.78 is 0. The second kappa shape index (κ2) is 8.15. The Morgan fingerprint density at radius 2 is 1.69 bits per heavy atom. The number of hydrogen-bond donors (Lipinski definition) is 1. The van der Waals surface area contributed by atoms with Gasteiger partial charge in [0.1, 0.15) is 10.9 Å². The van der Waals surface area contributed by atoms with E-state index >= 15 is 0 Å². The van der Waals surface area contributed by atoms with Gasteiger partial charge in [-0.15, -0.1) is 0 Å². The third kappa shape index (κ3) is 4.49. The average molecular weight is 363 g/mol.